The van der Waals surface area contributed by atoms with Crippen LogP contribution in [-0.4, -0.2) is 11.0 Å². The van der Waals surface area contributed by atoms with Crippen LogP contribution in [0.25, 0.3) is 0 Å². The van der Waals surface area contributed by atoms with E-state index >= 15 is 0 Å². The van der Waals surface area contributed by atoms with E-state index < -0.39 is 0 Å². The molecule has 21 heavy (non-hydrogen) atoms. The Bertz CT molecular complexity index is 689. The minimum atomic E-state index is -0.0176. The van der Waals surface area contributed by atoms with Gasteiger partial charge in [-0.05, 0) is 48.4 Å². The number of nitrogens with two attached hydrogens (primary N) is 1. The van der Waals surface area contributed by atoms with Gasteiger partial charge in [0.2, 0.25) is 0 Å². The molecule has 0 aromatic heterocycles. The lowest BCUT2D eigenvalue weighted by atomic mass is 10.1. The van der Waals surface area contributed by atoms with E-state index in [1.165, 1.54) is 0 Å². The van der Waals surface area contributed by atoms with Crippen LogP contribution in [0.3, 0.4) is 0 Å². The number of benzene rings is 2. The van der Waals surface area contributed by atoms with Crippen molar-refractivity contribution < 1.29 is 9.94 Å². The second kappa shape index (κ2) is 6.83. The molecule has 110 valence electrons. The summed E-state index contributed by atoms with van der Waals surface area (Å²) < 4.78 is 6.64. The van der Waals surface area contributed by atoms with Gasteiger partial charge < -0.3 is 15.7 Å². The molecule has 6 heteroatoms. The molecule has 0 aliphatic carbocycles. The zero-order valence-electron chi connectivity index (χ0n) is 11.3. The van der Waals surface area contributed by atoms with Crippen molar-refractivity contribution in [2.24, 2.45) is 10.9 Å². The lowest BCUT2D eigenvalue weighted by molar-refractivity contribution is 0.318. The zero-order valence-corrected chi connectivity index (χ0v) is 13.6. The maximum Gasteiger partial charge on any atom is 0.173 e. The number of ether oxygens (including phenoxy) is 1. The van der Waals surface area contributed by atoms with Gasteiger partial charge in [-0.2, -0.15) is 0 Å². The number of hydrogen-bond acceptors (Lipinski definition) is 3. The number of aryl methyl sites for hydroxylation is 1. The molecule has 0 bridgehead atoms. The molecule has 0 saturated heterocycles. The van der Waals surface area contributed by atoms with Gasteiger partial charge in [0, 0.05) is 9.50 Å². The molecular weight excluding hydrogens is 356 g/mol. The Labute approximate surface area is 136 Å². The van der Waals surface area contributed by atoms with Gasteiger partial charge in [-0.1, -0.05) is 39.6 Å². The van der Waals surface area contributed by atoms with Crippen LogP contribution in [0, 0.1) is 0 Å². The normalized spacial score (nSPS) is 11.5. The van der Waals surface area contributed by atoms with Gasteiger partial charge in [-0.15, -0.1) is 0 Å². The van der Waals surface area contributed by atoms with E-state index in [0.717, 1.165) is 16.5 Å². The third-order valence-electron chi connectivity index (χ3n) is 2.95. The highest BCUT2D eigenvalue weighted by Crippen LogP contribution is 2.30. The van der Waals surface area contributed by atoms with Crippen molar-refractivity contribution in [2.45, 2.75) is 13.3 Å². The van der Waals surface area contributed by atoms with Gasteiger partial charge in [0.05, 0.1) is 5.56 Å². The minimum absolute atomic E-state index is 0.0176. The van der Waals surface area contributed by atoms with E-state index in [1.54, 1.807) is 24.3 Å². The lowest BCUT2D eigenvalue weighted by Gasteiger charge is -2.12. The molecular formula is C15H14BrClN2O2. The lowest BCUT2D eigenvalue weighted by Crippen LogP contribution is -2.14. The topological polar surface area (TPSA) is 67.8 Å². The summed E-state index contributed by atoms with van der Waals surface area (Å²) in [6, 6.07) is 10.7. The molecule has 0 aliphatic heterocycles. The second-order valence-electron chi connectivity index (χ2n) is 4.33. The number of rotatable bonds is 4. The summed E-state index contributed by atoms with van der Waals surface area (Å²) >= 11 is 9.44. The van der Waals surface area contributed by atoms with Crippen molar-refractivity contribution in [3.63, 3.8) is 0 Å². The molecule has 0 unspecified atom stereocenters. The Morgan fingerprint density at radius 3 is 2.76 bits per heavy atom. The van der Waals surface area contributed by atoms with Crippen molar-refractivity contribution in [1.82, 2.24) is 0 Å². The Balaban J connectivity index is 2.40. The molecule has 0 heterocycles. The third-order valence-corrected chi connectivity index (χ3v) is 3.81. The van der Waals surface area contributed by atoms with E-state index in [-0.39, 0.29) is 5.84 Å². The number of halogens is 2. The molecule has 3 N–H and O–H groups in total. The first kappa shape index (κ1) is 15.7. The summed E-state index contributed by atoms with van der Waals surface area (Å²) in [7, 11) is 0. The van der Waals surface area contributed by atoms with E-state index in [9.17, 15) is 0 Å². The quantitative estimate of drug-likeness (QED) is 0.359. The van der Waals surface area contributed by atoms with Crippen molar-refractivity contribution in [1.29, 1.82) is 0 Å². The minimum Gasteiger partial charge on any atom is -0.457 e. The van der Waals surface area contributed by atoms with Gasteiger partial charge in [-0.25, -0.2) is 0 Å². The smallest absolute Gasteiger partial charge is 0.173 e. The molecule has 2 aromatic carbocycles. The highest BCUT2D eigenvalue weighted by molar-refractivity contribution is 9.10. The van der Waals surface area contributed by atoms with E-state index in [2.05, 4.69) is 21.1 Å². The maximum atomic E-state index is 8.86. The van der Waals surface area contributed by atoms with Crippen LogP contribution in [0.15, 0.2) is 46.0 Å². The molecule has 2 aromatic rings. The number of hydrogen-bond donors (Lipinski definition) is 2. The summed E-state index contributed by atoms with van der Waals surface area (Å²) in [5.41, 5.74) is 7.17. The van der Waals surface area contributed by atoms with Crippen LogP contribution < -0.4 is 10.5 Å². The molecule has 0 amide bonds. The molecule has 0 aliphatic rings. The first-order valence-electron chi connectivity index (χ1n) is 6.29. The highest BCUT2D eigenvalue weighted by atomic mass is 79.9. The number of nitrogens with zero attached hydrogens (tertiary/aromatic N) is 1. The Kier molecular flexibility index (Phi) is 5.09. The zero-order chi connectivity index (χ0) is 15.4. The fourth-order valence-electron chi connectivity index (χ4n) is 1.86. The van der Waals surface area contributed by atoms with E-state index in [4.69, 9.17) is 27.3 Å². The van der Waals surface area contributed by atoms with Gasteiger partial charge in [0.1, 0.15) is 11.5 Å². The first-order chi connectivity index (χ1) is 10.0. The number of amidine groups is 1. The molecule has 2 rings (SSSR count). The number of oxime groups is 1. The Morgan fingerprint density at radius 1 is 1.33 bits per heavy atom. The van der Waals surface area contributed by atoms with Crippen molar-refractivity contribution in [3.05, 3.63) is 57.0 Å². The van der Waals surface area contributed by atoms with Gasteiger partial charge in [-0.3, -0.25) is 0 Å². The highest BCUT2D eigenvalue weighted by Gasteiger charge is 2.11. The average Bonchev–Trinajstić information content (AvgIpc) is 2.50. The molecule has 0 saturated carbocycles. The fourth-order valence-corrected chi connectivity index (χ4v) is 2.47. The summed E-state index contributed by atoms with van der Waals surface area (Å²) in [5.74, 6) is 1.12. The fraction of sp³-hybridized carbons (Fsp3) is 0.133. The van der Waals surface area contributed by atoms with E-state index in [0.29, 0.717) is 22.1 Å². The average molecular weight is 370 g/mol. The summed E-state index contributed by atoms with van der Waals surface area (Å²) in [6.07, 6.45) is 0.809. The molecule has 0 atom stereocenters. The van der Waals surface area contributed by atoms with Gasteiger partial charge in [0.25, 0.3) is 0 Å². The van der Waals surface area contributed by atoms with Crippen LogP contribution in [0.1, 0.15) is 18.1 Å². The molecule has 4 nitrogen and oxygen atoms in total. The maximum absolute atomic E-state index is 8.86. The predicted octanol–water partition coefficient (Wildman–Crippen LogP) is 4.55. The van der Waals surface area contributed by atoms with Crippen molar-refractivity contribution >= 4 is 33.4 Å². The summed E-state index contributed by atoms with van der Waals surface area (Å²) in [5, 5.41) is 12.6. The van der Waals surface area contributed by atoms with Gasteiger partial charge in [0.15, 0.2) is 5.84 Å². The monoisotopic (exact) mass is 368 g/mol. The molecule has 0 radical (unpaired) electrons. The van der Waals surface area contributed by atoms with E-state index in [1.807, 2.05) is 19.1 Å². The van der Waals surface area contributed by atoms with Crippen LogP contribution in [0.5, 0.6) is 11.5 Å². The third kappa shape index (κ3) is 3.68. The van der Waals surface area contributed by atoms with Crippen LogP contribution in [0.4, 0.5) is 0 Å². The second-order valence-corrected chi connectivity index (χ2v) is 5.66. The molecule has 0 fully saturated rings. The standard InChI is InChI=1S/C15H14BrClN2O2/c1-2-9-7-11(4-5-13(9)17)21-14-6-3-10(16)8-12(14)15(18)19-20/h3-8,20H,2H2,1H3,(H2,18,19). The van der Waals surface area contributed by atoms with Crippen molar-refractivity contribution in [2.75, 3.05) is 0 Å². The van der Waals surface area contributed by atoms with Crippen LogP contribution in [0.2, 0.25) is 5.02 Å². The Hall–Kier alpha value is -1.72. The van der Waals surface area contributed by atoms with Crippen LogP contribution in [-0.2, 0) is 6.42 Å². The largest absolute Gasteiger partial charge is 0.457 e. The summed E-state index contributed by atoms with van der Waals surface area (Å²) in [6.45, 7) is 2.02. The summed E-state index contributed by atoms with van der Waals surface area (Å²) in [4.78, 5) is 0. The first-order valence-corrected chi connectivity index (χ1v) is 7.46. The van der Waals surface area contributed by atoms with Crippen molar-refractivity contribution in [3.8, 4) is 11.5 Å². The molecule has 0 spiro atoms. The SMILES string of the molecule is CCc1cc(Oc2ccc(Br)cc2/C(N)=N/O)ccc1Cl. The Morgan fingerprint density at radius 2 is 2.10 bits per heavy atom. The van der Waals surface area contributed by atoms with Gasteiger partial charge >= 0.3 is 0 Å². The van der Waals surface area contributed by atoms with Crippen LogP contribution >= 0.6 is 27.5 Å². The predicted molar refractivity (Wildman–Crippen MR) is 87.6 cm³/mol.